The molecule has 0 spiro atoms. The monoisotopic (exact) mass is 210 g/mol. The Bertz CT molecular complexity index is 329. The summed E-state index contributed by atoms with van der Waals surface area (Å²) in [7, 11) is 0. The van der Waals surface area contributed by atoms with Crippen molar-refractivity contribution in [1.82, 2.24) is 10.3 Å². The summed E-state index contributed by atoms with van der Waals surface area (Å²) in [4.78, 5) is 15.8. The van der Waals surface area contributed by atoms with E-state index >= 15 is 0 Å². The smallest absolute Gasteiger partial charge is 0.280 e. The van der Waals surface area contributed by atoms with E-state index in [4.69, 9.17) is 0 Å². The first kappa shape index (κ1) is 9.65. The molecule has 14 heavy (non-hydrogen) atoms. The Hall–Kier alpha value is -0.900. The largest absolute Gasteiger partial charge is 0.347 e. The molecule has 1 fully saturated rings. The number of rotatable bonds is 2. The number of nitrogens with zero attached hydrogens (tertiary/aromatic N) is 1. The summed E-state index contributed by atoms with van der Waals surface area (Å²) >= 11 is 1.42. The Morgan fingerprint density at radius 3 is 2.86 bits per heavy atom. The Morgan fingerprint density at radius 2 is 2.29 bits per heavy atom. The number of hydrogen-bond donors (Lipinski definition) is 1. The van der Waals surface area contributed by atoms with Gasteiger partial charge in [0.25, 0.3) is 5.91 Å². The summed E-state index contributed by atoms with van der Waals surface area (Å²) in [6.45, 7) is 1.91. The molecule has 1 aromatic heterocycles. The van der Waals surface area contributed by atoms with Gasteiger partial charge >= 0.3 is 0 Å². The second-order valence-corrected chi connectivity index (χ2v) is 4.61. The predicted molar refractivity (Wildman–Crippen MR) is 56.6 cm³/mol. The Morgan fingerprint density at radius 1 is 1.57 bits per heavy atom. The number of carbonyl (C=O) groups excluding carboxylic acids is 1. The van der Waals surface area contributed by atoms with Crippen LogP contribution in [0, 0.1) is 6.92 Å². The number of hydrogen-bond acceptors (Lipinski definition) is 3. The third-order valence-electron chi connectivity index (χ3n) is 2.50. The van der Waals surface area contributed by atoms with Gasteiger partial charge in [-0.3, -0.25) is 4.79 Å². The van der Waals surface area contributed by atoms with Gasteiger partial charge in [-0.2, -0.15) is 0 Å². The van der Waals surface area contributed by atoms with Crippen molar-refractivity contribution in [2.45, 2.75) is 38.6 Å². The minimum absolute atomic E-state index is 0.00463. The number of nitrogens with one attached hydrogen (secondary N) is 1. The Labute approximate surface area is 87.6 Å². The zero-order chi connectivity index (χ0) is 9.97. The average Bonchev–Trinajstić information content (AvgIpc) is 2.75. The van der Waals surface area contributed by atoms with Crippen molar-refractivity contribution < 1.29 is 4.79 Å². The first-order valence-electron chi connectivity index (χ1n) is 4.99. The van der Waals surface area contributed by atoms with Crippen molar-refractivity contribution in [2.24, 2.45) is 0 Å². The van der Waals surface area contributed by atoms with Gasteiger partial charge < -0.3 is 5.32 Å². The van der Waals surface area contributed by atoms with E-state index in [0.29, 0.717) is 11.0 Å². The van der Waals surface area contributed by atoms with E-state index in [1.807, 2.05) is 12.3 Å². The van der Waals surface area contributed by atoms with E-state index in [9.17, 15) is 4.79 Å². The summed E-state index contributed by atoms with van der Waals surface area (Å²) in [6, 6.07) is 0.381. The number of carbonyl (C=O) groups is 1. The molecule has 2 rings (SSSR count). The van der Waals surface area contributed by atoms with Crippen molar-refractivity contribution in [1.29, 1.82) is 0 Å². The first-order chi connectivity index (χ1) is 6.75. The van der Waals surface area contributed by atoms with Gasteiger partial charge in [0.15, 0.2) is 5.01 Å². The molecule has 1 aromatic rings. The first-order valence-corrected chi connectivity index (χ1v) is 5.86. The maximum absolute atomic E-state index is 11.7. The van der Waals surface area contributed by atoms with E-state index in [0.717, 1.165) is 18.5 Å². The lowest BCUT2D eigenvalue weighted by molar-refractivity contribution is 0.0937. The minimum atomic E-state index is -0.00463. The normalized spacial score (nSPS) is 17.2. The van der Waals surface area contributed by atoms with Gasteiger partial charge in [0, 0.05) is 17.1 Å². The molecule has 1 amide bonds. The third kappa shape index (κ3) is 2.12. The van der Waals surface area contributed by atoms with Crippen LogP contribution in [0.5, 0.6) is 0 Å². The molecule has 0 aromatic carbocycles. The second-order valence-electron chi connectivity index (χ2n) is 3.75. The highest BCUT2D eigenvalue weighted by Crippen LogP contribution is 2.18. The molecule has 4 heteroatoms. The minimum Gasteiger partial charge on any atom is -0.347 e. The second kappa shape index (κ2) is 4.09. The summed E-state index contributed by atoms with van der Waals surface area (Å²) in [5, 5.41) is 5.52. The molecule has 0 radical (unpaired) electrons. The Balaban J connectivity index is 1.95. The number of amides is 1. The third-order valence-corrected chi connectivity index (χ3v) is 3.46. The van der Waals surface area contributed by atoms with Crippen LogP contribution in [0.1, 0.15) is 41.2 Å². The molecule has 0 saturated heterocycles. The van der Waals surface area contributed by atoms with Crippen LogP contribution >= 0.6 is 11.3 Å². The van der Waals surface area contributed by atoms with Crippen LogP contribution in [-0.4, -0.2) is 16.9 Å². The standard InChI is InChI=1S/C10H14N2OS/c1-7-6-14-10(11-7)9(13)12-8-4-2-3-5-8/h6,8H,2-5H2,1H3,(H,12,13). The molecule has 3 nitrogen and oxygen atoms in total. The van der Waals surface area contributed by atoms with Crippen LogP contribution in [0.25, 0.3) is 0 Å². The van der Waals surface area contributed by atoms with Gasteiger partial charge in [-0.1, -0.05) is 12.8 Å². The maximum Gasteiger partial charge on any atom is 0.280 e. The van der Waals surface area contributed by atoms with Crippen molar-refractivity contribution in [3.63, 3.8) is 0 Å². The van der Waals surface area contributed by atoms with Crippen LogP contribution in [0.4, 0.5) is 0 Å². The topological polar surface area (TPSA) is 42.0 Å². The highest BCUT2D eigenvalue weighted by Gasteiger charge is 2.19. The highest BCUT2D eigenvalue weighted by atomic mass is 32.1. The Kier molecular flexibility index (Phi) is 2.82. The van der Waals surface area contributed by atoms with Crippen molar-refractivity contribution in [3.8, 4) is 0 Å². The number of aryl methyl sites for hydroxylation is 1. The SMILES string of the molecule is Cc1csc(C(=O)NC2CCCC2)n1. The molecule has 1 heterocycles. The van der Waals surface area contributed by atoms with E-state index in [2.05, 4.69) is 10.3 Å². The lowest BCUT2D eigenvalue weighted by Crippen LogP contribution is -2.32. The molecule has 0 aliphatic heterocycles. The van der Waals surface area contributed by atoms with Crippen LogP contribution < -0.4 is 5.32 Å². The molecule has 1 aliphatic carbocycles. The van der Waals surface area contributed by atoms with Gasteiger partial charge in [-0.05, 0) is 19.8 Å². The molecule has 0 atom stereocenters. The quantitative estimate of drug-likeness (QED) is 0.812. The van der Waals surface area contributed by atoms with Gasteiger partial charge in [0.05, 0.1) is 0 Å². The lowest BCUT2D eigenvalue weighted by Gasteiger charge is -2.09. The molecule has 1 aliphatic rings. The molecular weight excluding hydrogens is 196 g/mol. The fourth-order valence-electron chi connectivity index (χ4n) is 1.78. The zero-order valence-electron chi connectivity index (χ0n) is 8.25. The van der Waals surface area contributed by atoms with Gasteiger partial charge in [0.2, 0.25) is 0 Å². The maximum atomic E-state index is 11.7. The van der Waals surface area contributed by atoms with Gasteiger partial charge in [-0.15, -0.1) is 11.3 Å². The highest BCUT2D eigenvalue weighted by molar-refractivity contribution is 7.11. The zero-order valence-corrected chi connectivity index (χ0v) is 9.06. The van der Waals surface area contributed by atoms with E-state index in [-0.39, 0.29) is 5.91 Å². The summed E-state index contributed by atoms with van der Waals surface area (Å²) in [5.41, 5.74) is 0.923. The molecular formula is C10H14N2OS. The number of thiazole rings is 1. The lowest BCUT2D eigenvalue weighted by atomic mass is 10.2. The van der Waals surface area contributed by atoms with Crippen LogP contribution in [0.2, 0.25) is 0 Å². The average molecular weight is 210 g/mol. The van der Waals surface area contributed by atoms with Crippen LogP contribution in [-0.2, 0) is 0 Å². The van der Waals surface area contributed by atoms with Gasteiger partial charge in [0.1, 0.15) is 0 Å². The fourth-order valence-corrected chi connectivity index (χ4v) is 2.47. The van der Waals surface area contributed by atoms with Crippen molar-refractivity contribution >= 4 is 17.2 Å². The van der Waals surface area contributed by atoms with Crippen molar-refractivity contribution in [2.75, 3.05) is 0 Å². The number of aromatic nitrogens is 1. The summed E-state index contributed by atoms with van der Waals surface area (Å²) in [6.07, 6.45) is 4.72. The summed E-state index contributed by atoms with van der Waals surface area (Å²) in [5.74, 6) is -0.00463. The van der Waals surface area contributed by atoms with Crippen LogP contribution in [0.15, 0.2) is 5.38 Å². The molecule has 0 unspecified atom stereocenters. The van der Waals surface area contributed by atoms with Crippen molar-refractivity contribution in [3.05, 3.63) is 16.1 Å². The molecule has 76 valence electrons. The molecule has 1 saturated carbocycles. The van der Waals surface area contributed by atoms with E-state index < -0.39 is 0 Å². The van der Waals surface area contributed by atoms with E-state index in [1.54, 1.807) is 0 Å². The van der Waals surface area contributed by atoms with Gasteiger partial charge in [-0.25, -0.2) is 4.98 Å². The van der Waals surface area contributed by atoms with E-state index in [1.165, 1.54) is 24.2 Å². The van der Waals surface area contributed by atoms with Crippen LogP contribution in [0.3, 0.4) is 0 Å². The summed E-state index contributed by atoms with van der Waals surface area (Å²) < 4.78 is 0. The fraction of sp³-hybridized carbons (Fsp3) is 0.600. The predicted octanol–water partition coefficient (Wildman–Crippen LogP) is 2.12. The molecule has 0 bridgehead atoms. The molecule has 1 N–H and O–H groups in total.